The Kier molecular flexibility index (Phi) is 14.5. The number of carbonyl (C=O) groups is 2. The molecule has 1 fully saturated rings. The van der Waals surface area contributed by atoms with Crippen molar-refractivity contribution in [1.82, 2.24) is 0 Å². The van der Waals surface area contributed by atoms with Crippen molar-refractivity contribution in [1.29, 1.82) is 0 Å². The second kappa shape index (κ2) is 16.2. The number of unbranched alkanes of at least 4 members (excludes halogenated alkanes) is 8. The van der Waals surface area contributed by atoms with Crippen LogP contribution in [0, 0.1) is 11.8 Å². The van der Waals surface area contributed by atoms with E-state index in [4.69, 9.17) is 14.2 Å². The van der Waals surface area contributed by atoms with Crippen LogP contribution in [-0.2, 0) is 23.8 Å². The Morgan fingerprint density at radius 1 is 0.938 bits per heavy atom. The van der Waals surface area contributed by atoms with E-state index in [1.54, 1.807) is 13.0 Å². The molecule has 0 bridgehead atoms. The third kappa shape index (κ3) is 10.5. The highest BCUT2D eigenvalue weighted by molar-refractivity contribution is 5.81. The molecule has 1 aliphatic heterocycles. The fourth-order valence-corrected chi connectivity index (χ4v) is 4.31. The quantitative estimate of drug-likeness (QED) is 0.197. The van der Waals surface area contributed by atoms with Gasteiger partial charge in [0.15, 0.2) is 5.79 Å². The van der Waals surface area contributed by atoms with Crippen molar-refractivity contribution in [2.75, 3.05) is 20.3 Å². The smallest absolute Gasteiger partial charge is 0.311 e. The predicted octanol–water partition coefficient (Wildman–Crippen LogP) is 5.42. The van der Waals surface area contributed by atoms with E-state index < -0.39 is 29.9 Å². The molecule has 7 heteroatoms. The van der Waals surface area contributed by atoms with E-state index in [0.29, 0.717) is 13.2 Å². The Labute approximate surface area is 193 Å². The summed E-state index contributed by atoms with van der Waals surface area (Å²) in [6.45, 7) is 5.17. The van der Waals surface area contributed by atoms with Crippen LogP contribution < -0.4 is 0 Å². The van der Waals surface area contributed by atoms with Crippen LogP contribution in [0.25, 0.3) is 0 Å². The van der Waals surface area contributed by atoms with Gasteiger partial charge in [-0.05, 0) is 32.6 Å². The van der Waals surface area contributed by atoms with Crippen molar-refractivity contribution in [3.05, 3.63) is 12.2 Å². The fourth-order valence-electron chi connectivity index (χ4n) is 4.31. The molecule has 0 aromatic carbocycles. The zero-order valence-electron chi connectivity index (χ0n) is 20.2. The number of allylic oxidation sites excluding steroid dienone is 1. The molecule has 0 radical (unpaired) electrons. The van der Waals surface area contributed by atoms with Crippen LogP contribution in [-0.4, -0.2) is 54.4 Å². The highest BCUT2D eigenvalue weighted by Crippen LogP contribution is 2.32. The number of carboxylic acids is 2. The van der Waals surface area contributed by atoms with Crippen LogP contribution in [0.4, 0.5) is 0 Å². The Morgan fingerprint density at radius 2 is 1.50 bits per heavy atom. The van der Waals surface area contributed by atoms with Gasteiger partial charge in [0.2, 0.25) is 0 Å². The number of rotatable bonds is 19. The summed E-state index contributed by atoms with van der Waals surface area (Å²) in [5, 5.41) is 18.8. The van der Waals surface area contributed by atoms with Gasteiger partial charge in [0.1, 0.15) is 0 Å². The molecule has 0 aromatic rings. The number of aliphatic carboxylic acids is 2. The third-order valence-corrected chi connectivity index (χ3v) is 6.33. The van der Waals surface area contributed by atoms with Gasteiger partial charge in [-0.25, -0.2) is 0 Å². The molecule has 1 saturated heterocycles. The summed E-state index contributed by atoms with van der Waals surface area (Å²) in [5.41, 5.74) is 0. The van der Waals surface area contributed by atoms with Crippen molar-refractivity contribution in [2.24, 2.45) is 11.8 Å². The lowest BCUT2D eigenvalue weighted by Crippen LogP contribution is -2.37. The maximum absolute atomic E-state index is 11.6. The van der Waals surface area contributed by atoms with Crippen LogP contribution in [0.1, 0.15) is 90.9 Å². The first-order valence-corrected chi connectivity index (χ1v) is 12.3. The highest BCUT2D eigenvalue weighted by atomic mass is 16.7. The Bertz CT molecular complexity index is 554. The predicted molar refractivity (Wildman–Crippen MR) is 124 cm³/mol. The second-order valence-electron chi connectivity index (χ2n) is 8.82. The van der Waals surface area contributed by atoms with E-state index in [9.17, 15) is 19.8 Å². The van der Waals surface area contributed by atoms with Gasteiger partial charge in [-0.2, -0.15) is 0 Å². The minimum absolute atomic E-state index is 0.384. The highest BCUT2D eigenvalue weighted by Gasteiger charge is 2.36. The topological polar surface area (TPSA) is 102 Å². The normalized spacial score (nSPS) is 18.6. The van der Waals surface area contributed by atoms with E-state index in [1.807, 2.05) is 0 Å². The molecule has 32 heavy (non-hydrogen) atoms. The van der Waals surface area contributed by atoms with E-state index >= 15 is 0 Å². The van der Waals surface area contributed by atoms with Crippen LogP contribution in [0.2, 0.25) is 0 Å². The van der Waals surface area contributed by atoms with Crippen LogP contribution in [0.15, 0.2) is 12.2 Å². The average molecular weight is 457 g/mol. The summed E-state index contributed by atoms with van der Waals surface area (Å²) >= 11 is 0. The zero-order chi connectivity index (χ0) is 23.8. The summed E-state index contributed by atoms with van der Waals surface area (Å²) in [6.07, 6.45) is 15.5. The van der Waals surface area contributed by atoms with Gasteiger partial charge in [-0.1, -0.05) is 57.6 Å². The summed E-state index contributed by atoms with van der Waals surface area (Å²) in [6, 6.07) is 0. The van der Waals surface area contributed by atoms with Gasteiger partial charge >= 0.3 is 11.9 Å². The van der Waals surface area contributed by atoms with Crippen LogP contribution >= 0.6 is 0 Å². The fraction of sp³-hybridized carbons (Fsp3) is 0.840. The molecule has 0 aromatic heterocycles. The molecule has 3 atom stereocenters. The molecule has 0 amide bonds. The van der Waals surface area contributed by atoms with E-state index in [1.165, 1.54) is 38.9 Å². The van der Waals surface area contributed by atoms with Crippen molar-refractivity contribution >= 4 is 11.9 Å². The van der Waals surface area contributed by atoms with Crippen molar-refractivity contribution in [3.8, 4) is 0 Å². The Balaban J connectivity index is 2.32. The first-order chi connectivity index (χ1) is 15.4. The van der Waals surface area contributed by atoms with Crippen LogP contribution in [0.3, 0.4) is 0 Å². The number of ether oxygens (including phenoxy) is 3. The standard InChI is InChI=1S/C25H44O7/c1-4-5-6-10-13-16-25(31-18-19-32-25)17-14-11-8-7-9-12-15-21(23(26)27)22(24(28)29)20(2)30-3/h12,15,20-22H,4-11,13-14,16-19H2,1-3H3,(H,26,27)(H,28,29)/t20?,21-,22+/m0/s1. The molecule has 186 valence electrons. The largest absolute Gasteiger partial charge is 0.481 e. The molecule has 0 aliphatic carbocycles. The lowest BCUT2D eigenvalue weighted by atomic mass is 9.87. The van der Waals surface area contributed by atoms with Gasteiger partial charge < -0.3 is 24.4 Å². The van der Waals surface area contributed by atoms with E-state index in [0.717, 1.165) is 51.4 Å². The number of carboxylic acid groups (broad SMARTS) is 2. The average Bonchev–Trinajstić information content (AvgIpc) is 3.22. The Morgan fingerprint density at radius 3 is 2.00 bits per heavy atom. The van der Waals surface area contributed by atoms with Gasteiger partial charge in [-0.3, -0.25) is 9.59 Å². The van der Waals surface area contributed by atoms with E-state index in [-0.39, 0.29) is 5.79 Å². The molecule has 0 saturated carbocycles. The first kappa shape index (κ1) is 28.6. The molecular formula is C25H44O7. The Hall–Kier alpha value is -1.44. The molecule has 0 spiro atoms. The SMILES string of the molecule is CCCCCCCC1(CCCCCCC=C[C@H](C(=O)O)[C@H](C(=O)O)C(C)OC)OCCO1. The molecule has 2 N–H and O–H groups in total. The maximum atomic E-state index is 11.6. The third-order valence-electron chi connectivity index (χ3n) is 6.33. The van der Waals surface area contributed by atoms with Gasteiger partial charge in [-0.15, -0.1) is 0 Å². The molecule has 1 heterocycles. The van der Waals surface area contributed by atoms with Crippen molar-refractivity contribution in [2.45, 2.75) is 103 Å². The summed E-state index contributed by atoms with van der Waals surface area (Å²) in [5.74, 6) is -4.90. The molecular weight excluding hydrogens is 412 g/mol. The minimum Gasteiger partial charge on any atom is -0.481 e. The molecule has 1 aliphatic rings. The maximum Gasteiger partial charge on any atom is 0.311 e. The first-order valence-electron chi connectivity index (χ1n) is 12.3. The number of hydrogen-bond donors (Lipinski definition) is 2. The molecule has 1 rings (SSSR count). The van der Waals surface area contributed by atoms with Gasteiger partial charge in [0.25, 0.3) is 0 Å². The van der Waals surface area contributed by atoms with Gasteiger partial charge in [0.05, 0.1) is 31.2 Å². The van der Waals surface area contributed by atoms with Crippen molar-refractivity contribution in [3.63, 3.8) is 0 Å². The molecule has 7 nitrogen and oxygen atoms in total. The van der Waals surface area contributed by atoms with E-state index in [2.05, 4.69) is 6.92 Å². The van der Waals surface area contributed by atoms with Crippen molar-refractivity contribution < 1.29 is 34.0 Å². The summed E-state index contributed by atoms with van der Waals surface area (Å²) in [7, 11) is 1.39. The summed E-state index contributed by atoms with van der Waals surface area (Å²) < 4.78 is 17.0. The van der Waals surface area contributed by atoms with Crippen LogP contribution in [0.5, 0.6) is 0 Å². The zero-order valence-corrected chi connectivity index (χ0v) is 20.2. The monoisotopic (exact) mass is 456 g/mol. The summed E-state index contributed by atoms with van der Waals surface area (Å²) in [4.78, 5) is 23.1. The number of hydrogen-bond acceptors (Lipinski definition) is 5. The lowest BCUT2D eigenvalue weighted by molar-refractivity contribution is -0.168. The number of methoxy groups -OCH3 is 1. The second-order valence-corrected chi connectivity index (χ2v) is 8.82. The molecule has 1 unspecified atom stereocenters. The van der Waals surface area contributed by atoms with Gasteiger partial charge in [0, 0.05) is 20.0 Å². The lowest BCUT2D eigenvalue weighted by Gasteiger charge is -2.27. The minimum atomic E-state index is -1.16.